The first-order chi connectivity index (χ1) is 3.92. The summed E-state index contributed by atoms with van der Waals surface area (Å²) in [6, 6.07) is 0. The molecule has 0 bridgehead atoms. The van der Waals surface area contributed by atoms with Crippen molar-refractivity contribution >= 4 is 19.2 Å². The molecular formula is C3H8ClO4P. The normalized spacial score (nSPS) is 15.6. The van der Waals surface area contributed by atoms with Crippen LogP contribution < -0.4 is 0 Å². The molecule has 9 heavy (non-hydrogen) atoms. The van der Waals surface area contributed by atoms with Crippen LogP contribution in [0.4, 0.5) is 0 Å². The summed E-state index contributed by atoms with van der Waals surface area (Å²) in [6.45, 7) is 1.48. The summed E-state index contributed by atoms with van der Waals surface area (Å²) in [5, 5.41) is 0. The van der Waals surface area contributed by atoms with E-state index in [4.69, 9.17) is 21.4 Å². The van der Waals surface area contributed by atoms with Gasteiger partial charge < -0.3 is 14.5 Å². The Kier molecular flexibility index (Phi) is 3.70. The van der Waals surface area contributed by atoms with Gasteiger partial charge in [0.15, 0.2) is 0 Å². The molecule has 0 radical (unpaired) electrons. The van der Waals surface area contributed by atoms with Gasteiger partial charge in [-0.05, 0) is 6.92 Å². The Morgan fingerprint density at radius 1 is 1.78 bits per heavy atom. The quantitative estimate of drug-likeness (QED) is 0.489. The molecule has 1 atom stereocenters. The van der Waals surface area contributed by atoms with Gasteiger partial charge in [-0.15, -0.1) is 0 Å². The minimum Gasteiger partial charge on any atom is -0.350 e. The lowest BCUT2D eigenvalue weighted by Gasteiger charge is -2.05. The molecule has 0 saturated heterocycles. The molecule has 6 heteroatoms. The molecule has 4 nitrogen and oxygen atoms in total. The van der Waals surface area contributed by atoms with Gasteiger partial charge in [0.2, 0.25) is 0 Å². The van der Waals surface area contributed by atoms with Crippen LogP contribution in [-0.4, -0.2) is 21.7 Å². The number of ether oxygens (including phenoxy) is 1. The van der Waals surface area contributed by atoms with Gasteiger partial charge >= 0.3 is 7.60 Å². The molecule has 0 spiro atoms. The highest BCUT2D eigenvalue weighted by Gasteiger charge is 2.13. The lowest BCUT2D eigenvalue weighted by molar-refractivity contribution is 0.142. The van der Waals surface area contributed by atoms with Gasteiger partial charge in [-0.3, -0.25) is 4.57 Å². The highest BCUT2D eigenvalue weighted by molar-refractivity contribution is 7.51. The number of halogens is 1. The zero-order chi connectivity index (χ0) is 7.49. The summed E-state index contributed by atoms with van der Waals surface area (Å²) in [7, 11) is -4.03. The zero-order valence-electron chi connectivity index (χ0n) is 4.82. The number of alkyl halides is 1. The van der Waals surface area contributed by atoms with Crippen molar-refractivity contribution in [3.05, 3.63) is 0 Å². The summed E-state index contributed by atoms with van der Waals surface area (Å²) >= 11 is 5.22. The molecule has 0 aliphatic heterocycles. The van der Waals surface area contributed by atoms with Crippen molar-refractivity contribution in [2.24, 2.45) is 0 Å². The number of hydrogen-bond acceptors (Lipinski definition) is 2. The molecule has 0 rings (SSSR count). The van der Waals surface area contributed by atoms with E-state index in [1.807, 2.05) is 0 Å². The Balaban J connectivity index is 3.40. The van der Waals surface area contributed by atoms with Crippen molar-refractivity contribution in [2.45, 2.75) is 12.5 Å². The van der Waals surface area contributed by atoms with Gasteiger partial charge in [0.1, 0.15) is 11.9 Å². The SMILES string of the molecule is CC(Cl)OCP(=O)(O)O. The van der Waals surface area contributed by atoms with Crippen molar-refractivity contribution < 1.29 is 19.1 Å². The second-order valence-corrected chi connectivity index (χ2v) is 3.71. The van der Waals surface area contributed by atoms with Gasteiger partial charge in [0, 0.05) is 0 Å². The first kappa shape index (κ1) is 9.40. The highest BCUT2D eigenvalue weighted by atomic mass is 35.5. The molecule has 0 aliphatic carbocycles. The average Bonchev–Trinajstić information content (AvgIpc) is 1.59. The largest absolute Gasteiger partial charge is 0.351 e. The van der Waals surface area contributed by atoms with Gasteiger partial charge in [-0.1, -0.05) is 11.6 Å². The predicted octanol–water partition coefficient (Wildman–Crippen LogP) is 0.723. The summed E-state index contributed by atoms with van der Waals surface area (Å²) in [5.74, 6) is 0. The molecule has 0 aliphatic rings. The van der Waals surface area contributed by atoms with Crippen LogP contribution in [0.1, 0.15) is 6.92 Å². The second kappa shape index (κ2) is 3.54. The van der Waals surface area contributed by atoms with E-state index in [1.165, 1.54) is 6.92 Å². The van der Waals surface area contributed by atoms with Crippen LogP contribution in [0.25, 0.3) is 0 Å². The van der Waals surface area contributed by atoms with Gasteiger partial charge in [0.25, 0.3) is 0 Å². The third kappa shape index (κ3) is 8.40. The van der Waals surface area contributed by atoms with E-state index in [9.17, 15) is 4.57 Å². The Hall–Kier alpha value is 0.400. The van der Waals surface area contributed by atoms with Crippen LogP contribution in [0, 0.1) is 0 Å². The maximum absolute atomic E-state index is 10.0. The summed E-state index contributed by atoms with van der Waals surface area (Å²) < 4.78 is 14.5. The molecule has 0 fully saturated rings. The molecule has 0 aromatic rings. The van der Waals surface area contributed by atoms with E-state index in [0.717, 1.165) is 0 Å². The fourth-order valence-corrected chi connectivity index (χ4v) is 0.768. The molecule has 0 aromatic carbocycles. The van der Waals surface area contributed by atoms with Crippen LogP contribution in [0.3, 0.4) is 0 Å². The fourth-order valence-electron chi connectivity index (χ4n) is 0.200. The molecule has 0 heterocycles. The minimum absolute atomic E-state index is 0.613. The third-order valence-corrected chi connectivity index (χ3v) is 1.08. The van der Waals surface area contributed by atoms with Crippen molar-refractivity contribution in [3.63, 3.8) is 0 Å². The van der Waals surface area contributed by atoms with Crippen molar-refractivity contribution in [1.82, 2.24) is 0 Å². The van der Waals surface area contributed by atoms with Crippen LogP contribution in [-0.2, 0) is 9.30 Å². The van der Waals surface area contributed by atoms with Crippen molar-refractivity contribution in [3.8, 4) is 0 Å². The minimum atomic E-state index is -4.03. The fraction of sp³-hybridized carbons (Fsp3) is 1.00. The maximum atomic E-state index is 10.0. The Morgan fingerprint density at radius 2 is 2.22 bits per heavy atom. The van der Waals surface area contributed by atoms with Gasteiger partial charge in [-0.2, -0.15) is 0 Å². The van der Waals surface area contributed by atoms with E-state index in [-0.39, 0.29) is 0 Å². The molecule has 0 amide bonds. The highest BCUT2D eigenvalue weighted by Crippen LogP contribution is 2.34. The lowest BCUT2D eigenvalue weighted by atomic mass is 10.9. The number of rotatable bonds is 3. The molecule has 2 N–H and O–H groups in total. The van der Waals surface area contributed by atoms with E-state index in [1.54, 1.807) is 0 Å². The standard InChI is InChI=1S/C3H8ClO4P/c1-3(4)8-2-9(5,6)7/h3H,2H2,1H3,(H2,5,6,7). The molecular weight excluding hydrogens is 166 g/mol. The Labute approximate surface area is 57.9 Å². The molecule has 0 aromatic heterocycles. The van der Waals surface area contributed by atoms with E-state index < -0.39 is 19.5 Å². The first-order valence-corrected chi connectivity index (χ1v) is 4.45. The number of hydrogen-bond donors (Lipinski definition) is 2. The third-order valence-electron chi connectivity index (χ3n) is 0.472. The zero-order valence-corrected chi connectivity index (χ0v) is 6.47. The van der Waals surface area contributed by atoms with Crippen LogP contribution in [0.2, 0.25) is 0 Å². The summed E-state index contributed by atoms with van der Waals surface area (Å²) in [6.07, 6.45) is -0.613. The molecule has 56 valence electrons. The van der Waals surface area contributed by atoms with Crippen LogP contribution in [0.15, 0.2) is 0 Å². The monoisotopic (exact) mass is 174 g/mol. The van der Waals surface area contributed by atoms with E-state index >= 15 is 0 Å². The average molecular weight is 175 g/mol. The second-order valence-electron chi connectivity index (χ2n) is 1.50. The molecule has 0 saturated carbocycles. The Morgan fingerprint density at radius 3 is 2.33 bits per heavy atom. The summed E-state index contributed by atoms with van der Waals surface area (Å²) in [4.78, 5) is 16.4. The van der Waals surface area contributed by atoms with Gasteiger partial charge in [0.05, 0.1) is 0 Å². The van der Waals surface area contributed by atoms with E-state index in [0.29, 0.717) is 0 Å². The smallest absolute Gasteiger partial charge is 0.350 e. The first-order valence-electron chi connectivity index (χ1n) is 2.22. The topological polar surface area (TPSA) is 66.8 Å². The van der Waals surface area contributed by atoms with Crippen LogP contribution in [0.5, 0.6) is 0 Å². The summed E-state index contributed by atoms with van der Waals surface area (Å²) in [5.41, 5.74) is -0.655. The van der Waals surface area contributed by atoms with E-state index in [2.05, 4.69) is 4.74 Å². The Bertz CT molecular complexity index is 119. The van der Waals surface area contributed by atoms with Gasteiger partial charge in [-0.25, -0.2) is 0 Å². The van der Waals surface area contributed by atoms with Crippen LogP contribution >= 0.6 is 19.2 Å². The van der Waals surface area contributed by atoms with Crippen molar-refractivity contribution in [2.75, 3.05) is 6.35 Å². The predicted molar refractivity (Wildman–Crippen MR) is 33.3 cm³/mol. The van der Waals surface area contributed by atoms with Crippen molar-refractivity contribution in [1.29, 1.82) is 0 Å². The molecule has 1 unspecified atom stereocenters. The lowest BCUT2D eigenvalue weighted by Crippen LogP contribution is -2.01. The maximum Gasteiger partial charge on any atom is 0.351 e.